The fraction of sp³-hybridized carbons (Fsp3) is 0.300. The molecule has 3 heterocycles. The van der Waals surface area contributed by atoms with Gasteiger partial charge in [-0.3, -0.25) is 4.79 Å². The number of rotatable bonds is 2. The second kappa shape index (κ2) is 6.48. The molecule has 0 saturated carbocycles. The highest BCUT2D eigenvalue weighted by Crippen LogP contribution is 2.26. The van der Waals surface area contributed by atoms with Crippen molar-refractivity contribution in [1.29, 1.82) is 0 Å². The average Bonchev–Trinajstić information content (AvgIpc) is 3.03. The van der Waals surface area contributed by atoms with E-state index in [-0.39, 0.29) is 5.91 Å². The highest BCUT2D eigenvalue weighted by atomic mass is 16.3. The van der Waals surface area contributed by atoms with Crippen LogP contribution in [0.3, 0.4) is 0 Å². The molecule has 0 radical (unpaired) electrons. The van der Waals surface area contributed by atoms with E-state index in [0.717, 1.165) is 36.8 Å². The number of amides is 1. The Hall–Kier alpha value is -2.62. The van der Waals surface area contributed by atoms with Crippen LogP contribution in [0.1, 0.15) is 36.0 Å². The lowest BCUT2D eigenvalue weighted by atomic mass is 10.1. The first-order chi connectivity index (χ1) is 11.8. The quantitative estimate of drug-likeness (QED) is 0.698. The van der Waals surface area contributed by atoms with Crippen LogP contribution < -0.4 is 0 Å². The molecular formula is C20H20N2O2. The zero-order chi connectivity index (χ0) is 16.4. The normalized spacial score (nSPS) is 15.4. The molecule has 0 N–H and O–H groups in total. The molecule has 24 heavy (non-hydrogen) atoms. The maximum absolute atomic E-state index is 13.2. The summed E-state index contributed by atoms with van der Waals surface area (Å²) in [7, 11) is 0. The summed E-state index contributed by atoms with van der Waals surface area (Å²) in [6.45, 7) is 1.68. The molecule has 0 spiro atoms. The Labute approximate surface area is 141 Å². The second-order valence-corrected chi connectivity index (χ2v) is 6.26. The van der Waals surface area contributed by atoms with Crippen molar-refractivity contribution in [3.63, 3.8) is 0 Å². The molecule has 1 saturated heterocycles. The number of likely N-dealkylation sites (tertiary alicyclic amines) is 1. The van der Waals surface area contributed by atoms with Crippen LogP contribution in [0.25, 0.3) is 22.4 Å². The van der Waals surface area contributed by atoms with Gasteiger partial charge in [-0.1, -0.05) is 31.0 Å². The van der Waals surface area contributed by atoms with E-state index in [1.165, 1.54) is 12.8 Å². The fourth-order valence-electron chi connectivity index (χ4n) is 3.35. The topological polar surface area (TPSA) is 46.3 Å². The number of hydrogen-bond donors (Lipinski definition) is 0. The molecule has 1 fully saturated rings. The number of furan rings is 1. The molecule has 1 aliphatic rings. The van der Waals surface area contributed by atoms with Crippen molar-refractivity contribution in [3.8, 4) is 11.5 Å². The van der Waals surface area contributed by atoms with Crippen molar-refractivity contribution in [2.75, 3.05) is 13.1 Å². The van der Waals surface area contributed by atoms with E-state index in [1.807, 2.05) is 47.4 Å². The molecule has 0 unspecified atom stereocenters. The van der Waals surface area contributed by atoms with E-state index in [9.17, 15) is 4.79 Å². The number of pyridine rings is 1. The van der Waals surface area contributed by atoms with Gasteiger partial charge in [-0.15, -0.1) is 0 Å². The SMILES string of the molecule is O=C(c1cc(-c2ccco2)nc2ccccc12)N1CCCCCC1. The summed E-state index contributed by atoms with van der Waals surface area (Å²) in [4.78, 5) is 19.8. The van der Waals surface area contributed by atoms with Crippen LogP contribution in [-0.2, 0) is 0 Å². The van der Waals surface area contributed by atoms with E-state index in [0.29, 0.717) is 17.0 Å². The maximum atomic E-state index is 13.2. The van der Waals surface area contributed by atoms with Gasteiger partial charge < -0.3 is 9.32 Å². The predicted octanol–water partition coefficient (Wildman–Crippen LogP) is 4.51. The molecular weight excluding hydrogens is 300 g/mol. The predicted molar refractivity (Wildman–Crippen MR) is 93.8 cm³/mol. The number of nitrogens with zero attached hydrogens (tertiary/aromatic N) is 2. The molecule has 0 bridgehead atoms. The van der Waals surface area contributed by atoms with Gasteiger partial charge in [0, 0.05) is 18.5 Å². The Morgan fingerprint density at radius 1 is 1.00 bits per heavy atom. The number of hydrogen-bond acceptors (Lipinski definition) is 3. The van der Waals surface area contributed by atoms with Gasteiger partial charge in [-0.2, -0.15) is 0 Å². The summed E-state index contributed by atoms with van der Waals surface area (Å²) in [5.74, 6) is 0.786. The number of aromatic nitrogens is 1. The smallest absolute Gasteiger partial charge is 0.254 e. The van der Waals surface area contributed by atoms with Crippen LogP contribution in [0.4, 0.5) is 0 Å². The summed E-state index contributed by atoms with van der Waals surface area (Å²) in [6, 6.07) is 13.4. The minimum absolute atomic E-state index is 0.100. The molecule has 2 aromatic heterocycles. The van der Waals surface area contributed by atoms with E-state index in [2.05, 4.69) is 4.98 Å². The van der Waals surface area contributed by atoms with Gasteiger partial charge in [0.25, 0.3) is 5.91 Å². The van der Waals surface area contributed by atoms with Crippen LogP contribution in [0.5, 0.6) is 0 Å². The minimum atomic E-state index is 0.100. The minimum Gasteiger partial charge on any atom is -0.463 e. The Bertz CT molecular complexity index is 847. The van der Waals surface area contributed by atoms with E-state index in [4.69, 9.17) is 4.42 Å². The fourth-order valence-corrected chi connectivity index (χ4v) is 3.35. The van der Waals surface area contributed by atoms with Crippen LogP contribution >= 0.6 is 0 Å². The average molecular weight is 320 g/mol. The van der Waals surface area contributed by atoms with E-state index in [1.54, 1.807) is 6.26 Å². The first-order valence-electron chi connectivity index (χ1n) is 8.56. The lowest BCUT2D eigenvalue weighted by Crippen LogP contribution is -2.32. The van der Waals surface area contributed by atoms with Crippen molar-refractivity contribution in [3.05, 3.63) is 54.3 Å². The van der Waals surface area contributed by atoms with Gasteiger partial charge in [0.15, 0.2) is 5.76 Å². The zero-order valence-electron chi connectivity index (χ0n) is 13.6. The number of benzene rings is 1. The molecule has 3 aromatic rings. The van der Waals surface area contributed by atoms with Gasteiger partial charge in [-0.25, -0.2) is 4.98 Å². The summed E-state index contributed by atoms with van der Waals surface area (Å²) in [5.41, 5.74) is 2.25. The van der Waals surface area contributed by atoms with Crippen molar-refractivity contribution in [1.82, 2.24) is 9.88 Å². The molecule has 0 atom stereocenters. The first-order valence-corrected chi connectivity index (χ1v) is 8.56. The Balaban J connectivity index is 1.82. The van der Waals surface area contributed by atoms with E-state index >= 15 is 0 Å². The third-order valence-corrected chi connectivity index (χ3v) is 4.61. The first kappa shape index (κ1) is 14.9. The molecule has 0 aliphatic carbocycles. The highest BCUT2D eigenvalue weighted by Gasteiger charge is 2.21. The molecule has 1 aromatic carbocycles. The number of fused-ring (bicyclic) bond motifs is 1. The van der Waals surface area contributed by atoms with Crippen LogP contribution in [-0.4, -0.2) is 28.9 Å². The third kappa shape index (κ3) is 2.80. The standard InChI is InChI=1S/C20H20N2O2/c23-20(22-11-5-1-2-6-12-22)16-14-18(19-10-7-13-24-19)21-17-9-4-3-8-15(16)17/h3-4,7-10,13-14H,1-2,5-6,11-12H2. The molecule has 4 heteroatoms. The monoisotopic (exact) mass is 320 g/mol. The highest BCUT2D eigenvalue weighted by molar-refractivity contribution is 6.07. The van der Waals surface area contributed by atoms with Gasteiger partial charge in [0.05, 0.1) is 17.3 Å². The Morgan fingerprint density at radius 2 is 1.79 bits per heavy atom. The molecule has 1 aliphatic heterocycles. The van der Waals surface area contributed by atoms with Crippen molar-refractivity contribution in [2.45, 2.75) is 25.7 Å². The van der Waals surface area contributed by atoms with Crippen molar-refractivity contribution in [2.24, 2.45) is 0 Å². The van der Waals surface area contributed by atoms with Gasteiger partial charge in [-0.05, 0) is 37.1 Å². The van der Waals surface area contributed by atoms with Gasteiger partial charge in [0.1, 0.15) is 5.69 Å². The second-order valence-electron chi connectivity index (χ2n) is 6.26. The summed E-state index contributed by atoms with van der Waals surface area (Å²) in [5, 5.41) is 0.905. The summed E-state index contributed by atoms with van der Waals surface area (Å²) < 4.78 is 5.48. The van der Waals surface area contributed by atoms with Crippen LogP contribution in [0.2, 0.25) is 0 Å². The van der Waals surface area contributed by atoms with Crippen LogP contribution in [0.15, 0.2) is 53.1 Å². The van der Waals surface area contributed by atoms with Crippen molar-refractivity contribution >= 4 is 16.8 Å². The molecule has 4 rings (SSSR count). The van der Waals surface area contributed by atoms with Gasteiger partial charge >= 0.3 is 0 Å². The molecule has 4 nitrogen and oxygen atoms in total. The lowest BCUT2D eigenvalue weighted by Gasteiger charge is -2.21. The lowest BCUT2D eigenvalue weighted by molar-refractivity contribution is 0.0763. The number of carbonyl (C=O) groups is 1. The third-order valence-electron chi connectivity index (χ3n) is 4.61. The molecule has 1 amide bonds. The Kier molecular flexibility index (Phi) is 4.03. The summed E-state index contributed by atoms with van der Waals surface area (Å²) >= 11 is 0. The largest absolute Gasteiger partial charge is 0.463 e. The number of carbonyl (C=O) groups excluding carboxylic acids is 1. The Morgan fingerprint density at radius 3 is 2.54 bits per heavy atom. The summed E-state index contributed by atoms with van der Waals surface area (Å²) in [6.07, 6.45) is 6.21. The molecule has 122 valence electrons. The zero-order valence-corrected chi connectivity index (χ0v) is 13.6. The van der Waals surface area contributed by atoms with Gasteiger partial charge in [0.2, 0.25) is 0 Å². The van der Waals surface area contributed by atoms with Crippen LogP contribution in [0, 0.1) is 0 Å². The van der Waals surface area contributed by atoms with Crippen molar-refractivity contribution < 1.29 is 9.21 Å². The maximum Gasteiger partial charge on any atom is 0.254 e. The van der Waals surface area contributed by atoms with E-state index < -0.39 is 0 Å². The number of para-hydroxylation sites is 1.